The summed E-state index contributed by atoms with van der Waals surface area (Å²) < 4.78 is 22.1. The van der Waals surface area contributed by atoms with E-state index < -0.39 is 0 Å². The van der Waals surface area contributed by atoms with E-state index in [1.807, 2.05) is 47.4 Å². The van der Waals surface area contributed by atoms with E-state index in [4.69, 9.17) is 30.2 Å². The first kappa shape index (κ1) is 23.3. The van der Waals surface area contributed by atoms with E-state index in [-0.39, 0.29) is 5.69 Å². The minimum absolute atomic E-state index is 0.265. The van der Waals surface area contributed by atoms with Crippen LogP contribution < -0.4 is 24.0 Å². The van der Waals surface area contributed by atoms with Gasteiger partial charge in [0.25, 0.3) is 0 Å². The Labute approximate surface area is 203 Å². The Morgan fingerprint density at radius 3 is 2.24 bits per heavy atom. The van der Waals surface area contributed by atoms with Crippen LogP contribution in [0.4, 0.5) is 11.6 Å². The van der Waals surface area contributed by atoms with Crippen molar-refractivity contribution in [2.24, 2.45) is 0 Å². The Balaban J connectivity index is 1.50. The predicted molar refractivity (Wildman–Crippen MR) is 132 cm³/mol. The van der Waals surface area contributed by atoms with E-state index in [0.717, 1.165) is 24.3 Å². The lowest BCUT2D eigenvalue weighted by atomic mass is 10.1. The van der Waals surface area contributed by atoms with Crippen LogP contribution in [0.5, 0.6) is 17.2 Å². The first-order chi connectivity index (χ1) is 16.6. The normalized spacial score (nSPS) is 13.7. The SMILES string of the molecule is COc1cc(/C=C/c2nc(C#N)c(N3CCN(c4cccc(Cl)c4)CC3)o2)cc(OC)c1OC. The molecular formula is C25H25ClN4O4. The molecule has 8 nitrogen and oxygen atoms in total. The van der Waals surface area contributed by atoms with Gasteiger partial charge in [-0.05, 0) is 42.0 Å². The number of nitriles is 1. The number of nitrogens with zero attached hydrogens (tertiary/aromatic N) is 4. The monoisotopic (exact) mass is 480 g/mol. The van der Waals surface area contributed by atoms with Crippen LogP contribution in [0.2, 0.25) is 5.02 Å². The summed E-state index contributed by atoms with van der Waals surface area (Å²) in [6.45, 7) is 2.96. The van der Waals surface area contributed by atoms with Crippen LogP contribution >= 0.6 is 11.6 Å². The fourth-order valence-corrected chi connectivity index (χ4v) is 4.08. The van der Waals surface area contributed by atoms with Gasteiger partial charge in [-0.25, -0.2) is 0 Å². The molecular weight excluding hydrogens is 456 g/mol. The standard InChI is InChI=1S/C25H25ClN4O4/c1-31-21-13-17(14-22(32-2)24(21)33-3)7-8-23-28-20(16-27)25(34-23)30-11-9-29(10-12-30)19-6-4-5-18(26)15-19/h4-8,13-15H,9-12H2,1-3H3/b8-7+. The molecule has 1 saturated heterocycles. The summed E-state index contributed by atoms with van der Waals surface area (Å²) in [7, 11) is 4.69. The van der Waals surface area contributed by atoms with Gasteiger partial charge in [0, 0.05) is 43.0 Å². The third-order valence-corrected chi connectivity index (χ3v) is 5.81. The Morgan fingerprint density at radius 2 is 1.65 bits per heavy atom. The van der Waals surface area contributed by atoms with E-state index in [1.165, 1.54) is 0 Å². The maximum atomic E-state index is 9.61. The van der Waals surface area contributed by atoms with Crippen LogP contribution in [0, 0.1) is 11.3 Å². The molecule has 3 aromatic rings. The third kappa shape index (κ3) is 4.90. The van der Waals surface area contributed by atoms with Gasteiger partial charge in [0.2, 0.25) is 23.2 Å². The highest BCUT2D eigenvalue weighted by Gasteiger charge is 2.24. The molecule has 0 amide bonds. The molecule has 0 unspecified atom stereocenters. The summed E-state index contributed by atoms with van der Waals surface area (Å²) in [5, 5.41) is 10.3. The van der Waals surface area contributed by atoms with Gasteiger partial charge < -0.3 is 28.4 Å². The van der Waals surface area contributed by atoms with Crippen molar-refractivity contribution in [2.45, 2.75) is 0 Å². The van der Waals surface area contributed by atoms with Crippen molar-refractivity contribution in [1.82, 2.24) is 4.98 Å². The second-order valence-corrected chi connectivity index (χ2v) is 8.00. The summed E-state index contributed by atoms with van der Waals surface area (Å²) in [5.74, 6) is 2.44. The van der Waals surface area contributed by atoms with Gasteiger partial charge in [-0.15, -0.1) is 0 Å². The molecule has 2 aromatic carbocycles. The molecule has 0 aliphatic carbocycles. The van der Waals surface area contributed by atoms with Crippen LogP contribution in [0.15, 0.2) is 40.8 Å². The maximum absolute atomic E-state index is 9.61. The lowest BCUT2D eigenvalue weighted by Crippen LogP contribution is -2.46. The fourth-order valence-electron chi connectivity index (χ4n) is 3.89. The Hall–Kier alpha value is -3.83. The molecule has 1 fully saturated rings. The van der Waals surface area contributed by atoms with Crippen LogP contribution in [0.1, 0.15) is 17.1 Å². The molecule has 0 spiro atoms. The molecule has 4 rings (SSSR count). The van der Waals surface area contributed by atoms with Crippen LogP contribution in [0.3, 0.4) is 0 Å². The number of ether oxygens (including phenoxy) is 3. The number of oxazole rings is 1. The van der Waals surface area contributed by atoms with E-state index >= 15 is 0 Å². The molecule has 1 aromatic heterocycles. The lowest BCUT2D eigenvalue weighted by molar-refractivity contribution is 0.324. The molecule has 34 heavy (non-hydrogen) atoms. The Bertz CT molecular complexity index is 1200. The van der Waals surface area contributed by atoms with E-state index in [1.54, 1.807) is 27.4 Å². The maximum Gasteiger partial charge on any atom is 0.235 e. The second kappa shape index (κ2) is 10.4. The number of methoxy groups -OCH3 is 3. The third-order valence-electron chi connectivity index (χ3n) is 5.58. The van der Waals surface area contributed by atoms with Crippen molar-refractivity contribution in [3.05, 3.63) is 58.6 Å². The van der Waals surface area contributed by atoms with Crippen molar-refractivity contribution in [1.29, 1.82) is 5.26 Å². The van der Waals surface area contributed by atoms with Gasteiger partial charge in [0.1, 0.15) is 6.07 Å². The van der Waals surface area contributed by atoms with Crippen molar-refractivity contribution in [3.8, 4) is 23.3 Å². The number of anilines is 2. The van der Waals surface area contributed by atoms with E-state index in [9.17, 15) is 5.26 Å². The molecule has 176 valence electrons. The van der Waals surface area contributed by atoms with Gasteiger partial charge in [-0.2, -0.15) is 10.2 Å². The summed E-state index contributed by atoms with van der Waals surface area (Å²) in [5.41, 5.74) is 2.16. The van der Waals surface area contributed by atoms with Gasteiger partial charge in [0.15, 0.2) is 11.5 Å². The van der Waals surface area contributed by atoms with Crippen molar-refractivity contribution in [2.75, 3.05) is 57.3 Å². The average molecular weight is 481 g/mol. The van der Waals surface area contributed by atoms with Crippen LogP contribution in [-0.2, 0) is 0 Å². The number of aromatic nitrogens is 1. The molecule has 9 heteroatoms. The largest absolute Gasteiger partial charge is 0.493 e. The highest BCUT2D eigenvalue weighted by molar-refractivity contribution is 6.30. The Morgan fingerprint density at radius 1 is 0.971 bits per heavy atom. The first-order valence-electron chi connectivity index (χ1n) is 10.7. The molecule has 0 radical (unpaired) electrons. The smallest absolute Gasteiger partial charge is 0.235 e. The summed E-state index contributed by atoms with van der Waals surface area (Å²) in [6.07, 6.45) is 3.53. The molecule has 0 atom stereocenters. The van der Waals surface area contributed by atoms with Crippen LogP contribution in [-0.4, -0.2) is 52.5 Å². The zero-order chi connectivity index (χ0) is 24.1. The highest BCUT2D eigenvalue weighted by atomic mass is 35.5. The summed E-state index contributed by atoms with van der Waals surface area (Å²) >= 11 is 6.13. The van der Waals surface area contributed by atoms with E-state index in [2.05, 4.69) is 16.0 Å². The fraction of sp³-hybridized carbons (Fsp3) is 0.280. The van der Waals surface area contributed by atoms with Gasteiger partial charge in [-0.1, -0.05) is 17.7 Å². The van der Waals surface area contributed by atoms with E-state index in [0.29, 0.717) is 47.1 Å². The van der Waals surface area contributed by atoms with Gasteiger partial charge in [0.05, 0.1) is 21.3 Å². The summed E-state index contributed by atoms with van der Waals surface area (Å²) in [6, 6.07) is 13.6. The molecule has 1 aliphatic rings. The first-order valence-corrected chi connectivity index (χ1v) is 11.1. The Kier molecular flexibility index (Phi) is 7.14. The second-order valence-electron chi connectivity index (χ2n) is 7.56. The number of rotatable bonds is 7. The van der Waals surface area contributed by atoms with Crippen molar-refractivity contribution >= 4 is 35.3 Å². The quantitative estimate of drug-likeness (QED) is 0.480. The van der Waals surface area contributed by atoms with Gasteiger partial charge >= 0.3 is 0 Å². The lowest BCUT2D eigenvalue weighted by Gasteiger charge is -2.35. The van der Waals surface area contributed by atoms with Crippen molar-refractivity contribution in [3.63, 3.8) is 0 Å². The number of halogens is 1. The number of hydrogen-bond donors (Lipinski definition) is 0. The number of benzene rings is 2. The minimum Gasteiger partial charge on any atom is -0.493 e. The molecule has 0 N–H and O–H groups in total. The van der Waals surface area contributed by atoms with Crippen molar-refractivity contribution < 1.29 is 18.6 Å². The minimum atomic E-state index is 0.265. The number of hydrogen-bond acceptors (Lipinski definition) is 8. The molecule has 0 bridgehead atoms. The van der Waals surface area contributed by atoms with Gasteiger partial charge in [-0.3, -0.25) is 0 Å². The van der Waals surface area contributed by atoms with Crippen LogP contribution in [0.25, 0.3) is 12.2 Å². The zero-order valence-electron chi connectivity index (χ0n) is 19.2. The zero-order valence-corrected chi connectivity index (χ0v) is 20.0. The molecule has 1 aliphatic heterocycles. The average Bonchev–Trinajstić information content (AvgIpc) is 3.30. The number of piperazine rings is 1. The molecule has 2 heterocycles. The highest BCUT2D eigenvalue weighted by Crippen LogP contribution is 2.38. The molecule has 0 saturated carbocycles. The topological polar surface area (TPSA) is 84.0 Å². The predicted octanol–water partition coefficient (Wildman–Crippen LogP) is 4.72. The summed E-state index contributed by atoms with van der Waals surface area (Å²) in [4.78, 5) is 8.66.